The van der Waals surface area contributed by atoms with Crippen LogP contribution in [0, 0.1) is 0 Å². The number of amides is 2. The van der Waals surface area contributed by atoms with E-state index in [1.54, 1.807) is 12.3 Å². The summed E-state index contributed by atoms with van der Waals surface area (Å²) in [6.45, 7) is 5.50. The minimum atomic E-state index is -0.363. The Kier molecular flexibility index (Phi) is 5.52. The first-order chi connectivity index (χ1) is 12.5. The van der Waals surface area contributed by atoms with Gasteiger partial charge in [0, 0.05) is 13.1 Å². The molecule has 0 aromatic carbocycles. The highest BCUT2D eigenvalue weighted by Crippen LogP contribution is 2.19. The molecule has 0 spiro atoms. The van der Waals surface area contributed by atoms with Crippen LogP contribution < -0.4 is 15.5 Å². The summed E-state index contributed by atoms with van der Waals surface area (Å²) in [7, 11) is 0. The average Bonchev–Trinajstić information content (AvgIpc) is 3.14. The van der Waals surface area contributed by atoms with Gasteiger partial charge < -0.3 is 24.7 Å². The molecule has 1 fully saturated rings. The quantitative estimate of drug-likeness (QED) is 0.844. The van der Waals surface area contributed by atoms with E-state index in [1.807, 2.05) is 19.9 Å². The van der Waals surface area contributed by atoms with Crippen molar-refractivity contribution in [2.24, 2.45) is 0 Å². The number of hydrogen-bond donors (Lipinski definition) is 2. The van der Waals surface area contributed by atoms with Gasteiger partial charge in [-0.1, -0.05) is 0 Å². The smallest absolute Gasteiger partial charge is 0.254 e. The molecule has 1 aliphatic rings. The van der Waals surface area contributed by atoms with Gasteiger partial charge in [-0.05, 0) is 32.0 Å². The molecule has 0 bridgehead atoms. The molecule has 0 aliphatic carbocycles. The summed E-state index contributed by atoms with van der Waals surface area (Å²) in [5, 5.41) is 5.23. The lowest BCUT2D eigenvalue weighted by molar-refractivity contribution is -0.115. The van der Waals surface area contributed by atoms with Crippen molar-refractivity contribution in [1.82, 2.24) is 10.3 Å². The highest BCUT2D eigenvalue weighted by molar-refractivity contribution is 5.99. The molecule has 2 unspecified atom stereocenters. The molecule has 8 nitrogen and oxygen atoms in total. The van der Waals surface area contributed by atoms with Gasteiger partial charge in [-0.3, -0.25) is 9.59 Å². The van der Waals surface area contributed by atoms with Gasteiger partial charge in [-0.15, -0.1) is 0 Å². The molecule has 2 aromatic rings. The van der Waals surface area contributed by atoms with E-state index < -0.39 is 0 Å². The lowest BCUT2D eigenvalue weighted by Gasteiger charge is -2.36. The second-order valence-corrected chi connectivity index (χ2v) is 6.31. The molecule has 2 amide bonds. The Morgan fingerprint density at radius 2 is 2.00 bits per heavy atom. The largest absolute Gasteiger partial charge is 0.472 e. The van der Waals surface area contributed by atoms with Crippen molar-refractivity contribution < 1.29 is 18.7 Å². The van der Waals surface area contributed by atoms with E-state index in [4.69, 9.17) is 9.15 Å². The van der Waals surface area contributed by atoms with E-state index in [1.165, 1.54) is 18.6 Å². The molecule has 2 aromatic heterocycles. The van der Waals surface area contributed by atoms with Gasteiger partial charge in [-0.25, -0.2) is 4.98 Å². The highest BCUT2D eigenvalue weighted by atomic mass is 16.5. The van der Waals surface area contributed by atoms with Crippen molar-refractivity contribution >= 4 is 23.3 Å². The number of rotatable bonds is 5. The van der Waals surface area contributed by atoms with Crippen LogP contribution in [0.5, 0.6) is 0 Å². The van der Waals surface area contributed by atoms with Gasteiger partial charge in [0.05, 0.1) is 42.5 Å². The fourth-order valence-corrected chi connectivity index (χ4v) is 2.87. The van der Waals surface area contributed by atoms with Crippen molar-refractivity contribution in [2.45, 2.75) is 26.1 Å². The van der Waals surface area contributed by atoms with Gasteiger partial charge in [0.15, 0.2) is 0 Å². The van der Waals surface area contributed by atoms with Crippen molar-refractivity contribution in [3.05, 3.63) is 42.5 Å². The van der Waals surface area contributed by atoms with Crippen LogP contribution in [0.3, 0.4) is 0 Å². The van der Waals surface area contributed by atoms with E-state index in [2.05, 4.69) is 20.5 Å². The number of ether oxygens (including phenoxy) is 1. The molecule has 3 heterocycles. The zero-order valence-corrected chi connectivity index (χ0v) is 14.8. The highest BCUT2D eigenvalue weighted by Gasteiger charge is 2.23. The van der Waals surface area contributed by atoms with Crippen molar-refractivity contribution in [2.75, 3.05) is 29.9 Å². The number of aromatic nitrogens is 1. The number of carbonyl (C=O) groups is 2. The molecular formula is C18H22N4O4. The van der Waals surface area contributed by atoms with Crippen LogP contribution in [0.2, 0.25) is 0 Å². The predicted octanol–water partition coefficient (Wildman–Crippen LogP) is 1.66. The van der Waals surface area contributed by atoms with Gasteiger partial charge in [0.1, 0.15) is 12.1 Å². The van der Waals surface area contributed by atoms with Crippen LogP contribution in [-0.2, 0) is 9.53 Å². The molecule has 1 aliphatic heterocycles. The fourth-order valence-electron chi connectivity index (χ4n) is 2.87. The Labute approximate surface area is 151 Å². The second kappa shape index (κ2) is 8.01. The summed E-state index contributed by atoms with van der Waals surface area (Å²) in [4.78, 5) is 30.3. The third-order valence-electron chi connectivity index (χ3n) is 3.97. The number of furan rings is 1. The number of nitrogens with one attached hydrogen (secondary N) is 2. The molecule has 1 saturated heterocycles. The number of nitrogens with zero attached hydrogens (tertiary/aromatic N) is 2. The molecule has 0 saturated carbocycles. The summed E-state index contributed by atoms with van der Waals surface area (Å²) >= 11 is 0. The van der Waals surface area contributed by atoms with E-state index in [-0.39, 0.29) is 30.6 Å². The van der Waals surface area contributed by atoms with Gasteiger partial charge in [0.2, 0.25) is 5.91 Å². The monoisotopic (exact) mass is 358 g/mol. The number of morpholine rings is 1. The Balaban J connectivity index is 1.50. The first-order valence-electron chi connectivity index (χ1n) is 8.48. The first kappa shape index (κ1) is 17.9. The fraction of sp³-hybridized carbons (Fsp3) is 0.389. The predicted molar refractivity (Wildman–Crippen MR) is 96.1 cm³/mol. The number of carbonyl (C=O) groups excluding carboxylic acids is 2. The molecule has 0 radical (unpaired) electrons. The topological polar surface area (TPSA) is 96.7 Å². The Bertz CT molecular complexity index is 735. The minimum absolute atomic E-state index is 0.135. The Morgan fingerprint density at radius 3 is 2.62 bits per heavy atom. The van der Waals surface area contributed by atoms with Gasteiger partial charge >= 0.3 is 0 Å². The Morgan fingerprint density at radius 1 is 1.23 bits per heavy atom. The van der Waals surface area contributed by atoms with Gasteiger partial charge in [0.25, 0.3) is 5.91 Å². The first-order valence-corrected chi connectivity index (χ1v) is 8.48. The van der Waals surface area contributed by atoms with E-state index in [9.17, 15) is 9.59 Å². The van der Waals surface area contributed by atoms with Crippen LogP contribution in [-0.4, -0.2) is 48.6 Å². The number of hydrogen-bond acceptors (Lipinski definition) is 6. The number of anilines is 2. The molecule has 138 valence electrons. The summed E-state index contributed by atoms with van der Waals surface area (Å²) in [6, 6.07) is 5.19. The Hall–Kier alpha value is -2.87. The molecule has 3 rings (SSSR count). The third-order valence-corrected chi connectivity index (χ3v) is 3.97. The second-order valence-electron chi connectivity index (χ2n) is 6.31. The normalized spacial score (nSPS) is 19.8. The average molecular weight is 358 g/mol. The SMILES string of the molecule is CC1CN(c2ccc(NC(=O)CNC(=O)c3ccoc3)cn2)CC(C)O1. The maximum absolute atomic E-state index is 12.0. The van der Waals surface area contributed by atoms with Crippen molar-refractivity contribution in [1.29, 1.82) is 0 Å². The zero-order valence-electron chi connectivity index (χ0n) is 14.8. The van der Waals surface area contributed by atoms with Crippen LogP contribution in [0.1, 0.15) is 24.2 Å². The van der Waals surface area contributed by atoms with E-state index in [0.717, 1.165) is 18.9 Å². The minimum Gasteiger partial charge on any atom is -0.472 e. The third kappa shape index (κ3) is 4.60. The van der Waals surface area contributed by atoms with E-state index >= 15 is 0 Å². The lowest BCUT2D eigenvalue weighted by atomic mass is 10.2. The van der Waals surface area contributed by atoms with Crippen LogP contribution >= 0.6 is 0 Å². The maximum atomic E-state index is 12.0. The molecule has 8 heteroatoms. The number of pyridine rings is 1. The van der Waals surface area contributed by atoms with Crippen LogP contribution in [0.4, 0.5) is 11.5 Å². The maximum Gasteiger partial charge on any atom is 0.254 e. The molecule has 2 N–H and O–H groups in total. The molecule has 26 heavy (non-hydrogen) atoms. The van der Waals surface area contributed by atoms with E-state index in [0.29, 0.717) is 11.3 Å². The molecule has 2 atom stereocenters. The molecular weight excluding hydrogens is 336 g/mol. The summed E-state index contributed by atoms with van der Waals surface area (Å²) in [6.07, 6.45) is 4.63. The standard InChI is InChI=1S/C18H22N4O4/c1-12-9-22(10-13(2)26-12)16-4-3-15(7-19-16)21-17(23)8-20-18(24)14-5-6-25-11-14/h3-7,11-13H,8-10H2,1-2H3,(H,20,24)(H,21,23). The summed E-state index contributed by atoms with van der Waals surface area (Å²) in [5.74, 6) is 0.154. The summed E-state index contributed by atoms with van der Waals surface area (Å²) in [5.41, 5.74) is 0.948. The van der Waals surface area contributed by atoms with Crippen molar-refractivity contribution in [3.63, 3.8) is 0 Å². The summed E-state index contributed by atoms with van der Waals surface area (Å²) < 4.78 is 10.6. The van der Waals surface area contributed by atoms with Gasteiger partial charge in [-0.2, -0.15) is 0 Å². The van der Waals surface area contributed by atoms with Crippen LogP contribution in [0.15, 0.2) is 41.3 Å². The van der Waals surface area contributed by atoms with Crippen LogP contribution in [0.25, 0.3) is 0 Å². The van der Waals surface area contributed by atoms with Crippen molar-refractivity contribution in [3.8, 4) is 0 Å². The zero-order chi connectivity index (χ0) is 18.5. The lowest BCUT2D eigenvalue weighted by Crippen LogP contribution is -2.45.